The van der Waals surface area contributed by atoms with Gasteiger partial charge in [-0.2, -0.15) is 0 Å². The first kappa shape index (κ1) is 17.4. The van der Waals surface area contributed by atoms with Crippen LogP contribution in [0.25, 0.3) is 21.3 Å². The van der Waals surface area contributed by atoms with Crippen LogP contribution in [0.3, 0.4) is 0 Å². The molecule has 1 aliphatic rings. The maximum Gasteiger partial charge on any atom is 0.323 e. The molecule has 4 heterocycles. The van der Waals surface area contributed by atoms with Crippen LogP contribution in [-0.4, -0.2) is 37.9 Å². The van der Waals surface area contributed by atoms with Crippen LogP contribution < -0.4 is 11.0 Å². The molecular formula is C20H22N6OS. The third-order valence-electron chi connectivity index (χ3n) is 5.42. The number of H-pyrrole nitrogens is 2. The van der Waals surface area contributed by atoms with Crippen molar-refractivity contribution in [1.82, 2.24) is 24.8 Å². The predicted molar refractivity (Wildman–Crippen MR) is 114 cm³/mol. The number of benzene rings is 1. The Labute approximate surface area is 165 Å². The lowest BCUT2D eigenvalue weighted by atomic mass is 10.2. The Morgan fingerprint density at radius 3 is 2.75 bits per heavy atom. The van der Waals surface area contributed by atoms with Crippen molar-refractivity contribution in [3.63, 3.8) is 0 Å². The number of hydrogen-bond donors (Lipinski definition) is 3. The number of thiophene rings is 1. The number of likely N-dealkylation sites (tertiary alicyclic amines) is 1. The van der Waals surface area contributed by atoms with Gasteiger partial charge < -0.3 is 15.3 Å². The van der Waals surface area contributed by atoms with Crippen LogP contribution in [0.1, 0.15) is 29.1 Å². The maximum absolute atomic E-state index is 11.5. The first-order valence-corrected chi connectivity index (χ1v) is 10.4. The quantitative estimate of drug-likeness (QED) is 0.490. The van der Waals surface area contributed by atoms with Crippen molar-refractivity contribution in [3.8, 4) is 0 Å². The van der Waals surface area contributed by atoms with E-state index in [-0.39, 0.29) is 5.69 Å². The highest BCUT2D eigenvalue weighted by Crippen LogP contribution is 2.35. The molecule has 0 bridgehead atoms. The molecule has 144 valence electrons. The molecule has 28 heavy (non-hydrogen) atoms. The molecule has 1 aliphatic heterocycles. The Kier molecular flexibility index (Phi) is 4.17. The lowest BCUT2D eigenvalue weighted by molar-refractivity contribution is 0.323. The molecule has 0 spiro atoms. The number of nitrogens with zero attached hydrogens (tertiary/aromatic N) is 3. The second kappa shape index (κ2) is 6.72. The van der Waals surface area contributed by atoms with E-state index in [2.05, 4.69) is 34.0 Å². The summed E-state index contributed by atoms with van der Waals surface area (Å²) in [5.41, 5.74) is 3.47. The number of rotatable bonds is 4. The van der Waals surface area contributed by atoms with Crippen LogP contribution in [0.4, 0.5) is 11.5 Å². The van der Waals surface area contributed by atoms with Gasteiger partial charge in [0, 0.05) is 10.6 Å². The Hall–Kier alpha value is -2.71. The number of aromatic amines is 2. The van der Waals surface area contributed by atoms with Crippen molar-refractivity contribution >= 4 is 44.1 Å². The molecule has 1 saturated heterocycles. The van der Waals surface area contributed by atoms with E-state index in [9.17, 15) is 4.79 Å². The summed E-state index contributed by atoms with van der Waals surface area (Å²) < 4.78 is 0. The summed E-state index contributed by atoms with van der Waals surface area (Å²) in [5.74, 6) is 1.69. The van der Waals surface area contributed by atoms with Crippen LogP contribution in [0.2, 0.25) is 0 Å². The number of nitrogens with one attached hydrogen (secondary N) is 3. The molecule has 0 unspecified atom stereocenters. The summed E-state index contributed by atoms with van der Waals surface area (Å²) in [6, 6.07) is 5.77. The molecule has 0 aliphatic carbocycles. The number of aryl methyl sites for hydroxylation is 2. The lowest BCUT2D eigenvalue weighted by Gasteiger charge is -2.15. The fourth-order valence-electron chi connectivity index (χ4n) is 3.84. The van der Waals surface area contributed by atoms with Gasteiger partial charge in [0.15, 0.2) is 0 Å². The number of imidazole rings is 1. The Balaban J connectivity index is 1.57. The summed E-state index contributed by atoms with van der Waals surface area (Å²) in [5, 5.41) is 4.55. The van der Waals surface area contributed by atoms with Gasteiger partial charge in [-0.05, 0) is 63.5 Å². The lowest BCUT2D eigenvalue weighted by Crippen LogP contribution is -2.20. The molecule has 3 aromatic heterocycles. The van der Waals surface area contributed by atoms with Gasteiger partial charge in [-0.15, -0.1) is 11.3 Å². The van der Waals surface area contributed by atoms with E-state index in [1.165, 1.54) is 23.3 Å². The third-order valence-corrected chi connectivity index (χ3v) is 6.52. The minimum Gasteiger partial charge on any atom is -0.340 e. The zero-order valence-electron chi connectivity index (χ0n) is 15.9. The summed E-state index contributed by atoms with van der Waals surface area (Å²) >= 11 is 1.72. The summed E-state index contributed by atoms with van der Waals surface area (Å²) in [4.78, 5) is 31.5. The monoisotopic (exact) mass is 394 g/mol. The van der Waals surface area contributed by atoms with E-state index in [0.29, 0.717) is 0 Å². The molecule has 0 radical (unpaired) electrons. The largest absolute Gasteiger partial charge is 0.340 e. The van der Waals surface area contributed by atoms with E-state index in [1.807, 2.05) is 18.2 Å². The van der Waals surface area contributed by atoms with E-state index in [4.69, 9.17) is 9.97 Å². The summed E-state index contributed by atoms with van der Waals surface area (Å²) in [6.07, 6.45) is 2.50. The SMILES string of the molecule is Cc1sc2nc(CN3CCCC3)nc(Nc3ccc4[nH]c(=O)[nH]c4c3)c2c1C. The van der Waals surface area contributed by atoms with E-state index < -0.39 is 0 Å². The van der Waals surface area contributed by atoms with Gasteiger partial charge in [0.25, 0.3) is 0 Å². The number of aromatic nitrogens is 4. The van der Waals surface area contributed by atoms with Gasteiger partial charge in [0.2, 0.25) is 0 Å². The normalized spacial score (nSPS) is 15.1. The number of anilines is 2. The minimum atomic E-state index is -0.200. The molecule has 7 nitrogen and oxygen atoms in total. The zero-order valence-corrected chi connectivity index (χ0v) is 16.7. The van der Waals surface area contributed by atoms with Crippen molar-refractivity contribution < 1.29 is 0 Å². The van der Waals surface area contributed by atoms with Gasteiger partial charge in [0.05, 0.1) is 23.0 Å². The Bertz CT molecular complexity index is 1230. The van der Waals surface area contributed by atoms with Crippen LogP contribution in [0.5, 0.6) is 0 Å². The highest BCUT2D eigenvalue weighted by Gasteiger charge is 2.18. The first-order valence-electron chi connectivity index (χ1n) is 9.55. The second-order valence-corrected chi connectivity index (χ2v) is 8.60. The highest BCUT2D eigenvalue weighted by molar-refractivity contribution is 7.18. The maximum atomic E-state index is 11.5. The van der Waals surface area contributed by atoms with Crippen molar-refractivity contribution in [2.24, 2.45) is 0 Å². The third kappa shape index (κ3) is 3.08. The second-order valence-electron chi connectivity index (χ2n) is 7.40. The molecule has 1 fully saturated rings. The summed E-state index contributed by atoms with van der Waals surface area (Å²) in [7, 11) is 0. The molecule has 1 aromatic carbocycles. The predicted octanol–water partition coefficient (Wildman–Crippen LogP) is 3.82. The van der Waals surface area contributed by atoms with Gasteiger partial charge >= 0.3 is 5.69 Å². The standard InChI is InChI=1S/C20H22N6OS/c1-11-12(2)28-19-17(11)18(24-16(25-19)10-26-7-3-4-8-26)21-13-5-6-14-15(9-13)23-20(27)22-14/h5-6,9H,3-4,7-8,10H2,1-2H3,(H,21,24,25)(H2,22,23,27). The number of hydrogen-bond acceptors (Lipinski definition) is 6. The number of fused-ring (bicyclic) bond motifs is 2. The molecular weight excluding hydrogens is 372 g/mol. The van der Waals surface area contributed by atoms with Crippen LogP contribution in [0, 0.1) is 13.8 Å². The first-order chi connectivity index (χ1) is 13.6. The van der Waals surface area contributed by atoms with Gasteiger partial charge in [-0.1, -0.05) is 0 Å². The molecule has 4 aromatic rings. The van der Waals surface area contributed by atoms with Crippen molar-refractivity contribution in [2.45, 2.75) is 33.2 Å². The zero-order chi connectivity index (χ0) is 19.3. The highest BCUT2D eigenvalue weighted by atomic mass is 32.1. The van der Waals surface area contributed by atoms with Crippen LogP contribution in [-0.2, 0) is 6.54 Å². The molecule has 0 amide bonds. The van der Waals surface area contributed by atoms with E-state index in [1.54, 1.807) is 11.3 Å². The topological polar surface area (TPSA) is 89.7 Å². The smallest absolute Gasteiger partial charge is 0.323 e. The fourth-order valence-corrected chi connectivity index (χ4v) is 4.89. The van der Waals surface area contributed by atoms with Crippen LogP contribution in [0.15, 0.2) is 23.0 Å². The van der Waals surface area contributed by atoms with Crippen molar-refractivity contribution in [1.29, 1.82) is 0 Å². The average molecular weight is 395 g/mol. The molecule has 8 heteroatoms. The van der Waals surface area contributed by atoms with Crippen LogP contribution >= 0.6 is 11.3 Å². The molecule has 0 atom stereocenters. The fraction of sp³-hybridized carbons (Fsp3) is 0.350. The average Bonchev–Trinajstić information content (AvgIpc) is 3.35. The van der Waals surface area contributed by atoms with Crippen molar-refractivity contribution in [3.05, 3.63) is 44.9 Å². The van der Waals surface area contributed by atoms with E-state index in [0.717, 1.165) is 58.2 Å². The molecule has 5 rings (SSSR count). The summed E-state index contributed by atoms with van der Waals surface area (Å²) in [6.45, 7) is 7.26. The van der Waals surface area contributed by atoms with Gasteiger partial charge in [-0.3, -0.25) is 4.90 Å². The van der Waals surface area contributed by atoms with Gasteiger partial charge in [0.1, 0.15) is 16.5 Å². The van der Waals surface area contributed by atoms with E-state index >= 15 is 0 Å². The van der Waals surface area contributed by atoms with Crippen molar-refractivity contribution in [2.75, 3.05) is 18.4 Å². The van der Waals surface area contributed by atoms with Gasteiger partial charge in [-0.25, -0.2) is 14.8 Å². The molecule has 0 saturated carbocycles. The minimum absolute atomic E-state index is 0.200. The Morgan fingerprint density at radius 1 is 1.14 bits per heavy atom. The Morgan fingerprint density at radius 2 is 1.93 bits per heavy atom. The molecule has 3 N–H and O–H groups in total.